The smallest absolute Gasteiger partial charge is 0.244 e. The molecule has 1 atom stereocenters. The molecule has 104 valence electrons. The quantitative estimate of drug-likeness (QED) is 0.773. The molecule has 3 heteroatoms. The molecule has 3 nitrogen and oxygen atoms in total. The van der Waals surface area contributed by atoms with Gasteiger partial charge in [0, 0.05) is 12.6 Å². The molecule has 0 aliphatic heterocycles. The summed E-state index contributed by atoms with van der Waals surface area (Å²) in [5.74, 6) is -0.0369. The summed E-state index contributed by atoms with van der Waals surface area (Å²) in [5.41, 5.74) is 2.28. The van der Waals surface area contributed by atoms with E-state index in [9.17, 15) is 9.90 Å². The van der Waals surface area contributed by atoms with Crippen molar-refractivity contribution in [1.82, 2.24) is 5.32 Å². The number of aryl methyl sites for hydroxylation is 1. The zero-order chi connectivity index (χ0) is 14.3. The molecule has 19 heavy (non-hydrogen) atoms. The second-order valence-electron chi connectivity index (χ2n) is 4.98. The lowest BCUT2D eigenvalue weighted by atomic mass is 10.1. The monoisotopic (exact) mass is 261 g/mol. The van der Waals surface area contributed by atoms with Crippen molar-refractivity contribution >= 4 is 12.0 Å². The molecule has 0 saturated carbocycles. The highest BCUT2D eigenvalue weighted by Gasteiger charge is 2.09. The third-order valence-electron chi connectivity index (χ3n) is 3.07. The topological polar surface area (TPSA) is 49.3 Å². The number of carbonyl (C=O) groups excluding carboxylic acids is 1. The summed E-state index contributed by atoms with van der Waals surface area (Å²) in [5, 5.41) is 12.3. The Bertz CT molecular complexity index is 421. The first-order chi connectivity index (χ1) is 9.02. The fraction of sp³-hybridized carbons (Fsp3) is 0.438. The number of amides is 1. The lowest BCUT2D eigenvalue weighted by molar-refractivity contribution is -0.117. The number of aliphatic hydroxyl groups excluding tert-OH is 1. The van der Waals surface area contributed by atoms with Crippen molar-refractivity contribution in [3.63, 3.8) is 0 Å². The Hall–Kier alpha value is -1.61. The Morgan fingerprint density at radius 1 is 1.32 bits per heavy atom. The molecule has 0 saturated heterocycles. The number of benzene rings is 1. The van der Waals surface area contributed by atoms with Gasteiger partial charge < -0.3 is 10.4 Å². The van der Waals surface area contributed by atoms with Gasteiger partial charge in [-0.25, -0.2) is 0 Å². The Morgan fingerprint density at radius 3 is 2.47 bits per heavy atom. The van der Waals surface area contributed by atoms with Gasteiger partial charge >= 0.3 is 0 Å². The maximum absolute atomic E-state index is 11.6. The molecule has 0 bridgehead atoms. The van der Waals surface area contributed by atoms with Crippen LogP contribution in [0, 0.1) is 5.92 Å². The van der Waals surface area contributed by atoms with Gasteiger partial charge in [-0.3, -0.25) is 4.79 Å². The lowest BCUT2D eigenvalue weighted by Crippen LogP contribution is -2.33. The predicted molar refractivity (Wildman–Crippen MR) is 78.7 cm³/mol. The van der Waals surface area contributed by atoms with Crippen molar-refractivity contribution in [1.29, 1.82) is 0 Å². The van der Waals surface area contributed by atoms with E-state index in [4.69, 9.17) is 0 Å². The van der Waals surface area contributed by atoms with E-state index in [0.717, 1.165) is 12.0 Å². The van der Waals surface area contributed by atoms with Crippen LogP contribution in [-0.4, -0.2) is 23.7 Å². The minimum atomic E-state index is -0.499. The van der Waals surface area contributed by atoms with E-state index < -0.39 is 6.10 Å². The van der Waals surface area contributed by atoms with Crippen molar-refractivity contribution in [2.75, 3.05) is 6.54 Å². The van der Waals surface area contributed by atoms with Crippen LogP contribution in [0.5, 0.6) is 0 Å². The predicted octanol–water partition coefficient (Wildman–Crippen LogP) is 2.40. The second kappa shape index (κ2) is 7.74. The van der Waals surface area contributed by atoms with Gasteiger partial charge in [-0.15, -0.1) is 0 Å². The Labute approximate surface area is 115 Å². The number of aliphatic hydroxyl groups is 1. The van der Waals surface area contributed by atoms with Crippen LogP contribution in [0.25, 0.3) is 6.08 Å². The van der Waals surface area contributed by atoms with Crippen LogP contribution < -0.4 is 5.32 Å². The highest BCUT2D eigenvalue weighted by atomic mass is 16.3. The summed E-state index contributed by atoms with van der Waals surface area (Å²) in [6.45, 7) is 6.23. The minimum absolute atomic E-state index is 0.144. The molecule has 0 fully saturated rings. The van der Waals surface area contributed by atoms with Gasteiger partial charge in [0.1, 0.15) is 0 Å². The number of carbonyl (C=O) groups is 1. The first kappa shape index (κ1) is 15.4. The molecule has 0 heterocycles. The molecule has 1 unspecified atom stereocenters. The van der Waals surface area contributed by atoms with E-state index >= 15 is 0 Å². The van der Waals surface area contributed by atoms with Crippen LogP contribution in [0.1, 0.15) is 31.9 Å². The molecule has 0 aliphatic rings. The Balaban J connectivity index is 2.44. The number of hydrogen-bond acceptors (Lipinski definition) is 2. The summed E-state index contributed by atoms with van der Waals surface area (Å²) < 4.78 is 0. The first-order valence-corrected chi connectivity index (χ1v) is 6.75. The molecule has 1 amide bonds. The van der Waals surface area contributed by atoms with E-state index in [1.54, 1.807) is 6.08 Å². The Kier molecular flexibility index (Phi) is 6.30. The van der Waals surface area contributed by atoms with E-state index in [1.165, 1.54) is 11.6 Å². The van der Waals surface area contributed by atoms with E-state index in [1.807, 2.05) is 26.0 Å². The van der Waals surface area contributed by atoms with Crippen LogP contribution in [0.15, 0.2) is 30.3 Å². The fourth-order valence-electron chi connectivity index (χ4n) is 1.54. The van der Waals surface area contributed by atoms with Crippen LogP contribution in [0.2, 0.25) is 0 Å². The standard InChI is InChI=1S/C16H23NO2/c1-4-13-5-7-14(8-6-13)9-10-16(19)17-11-15(18)12(2)3/h5-10,12,15,18H,4,11H2,1-3H3,(H,17,19)/b10-9+. The molecule has 1 aromatic carbocycles. The highest BCUT2D eigenvalue weighted by molar-refractivity contribution is 5.91. The zero-order valence-electron chi connectivity index (χ0n) is 11.9. The van der Waals surface area contributed by atoms with Crippen LogP contribution in [0.3, 0.4) is 0 Å². The van der Waals surface area contributed by atoms with Gasteiger partial charge in [-0.05, 0) is 29.5 Å². The molecule has 0 aliphatic carbocycles. The first-order valence-electron chi connectivity index (χ1n) is 6.75. The third-order valence-corrected chi connectivity index (χ3v) is 3.07. The molecule has 0 aromatic heterocycles. The van der Waals surface area contributed by atoms with Crippen LogP contribution in [-0.2, 0) is 11.2 Å². The summed E-state index contributed by atoms with van der Waals surface area (Å²) in [6.07, 6.45) is 3.78. The minimum Gasteiger partial charge on any atom is -0.391 e. The molecule has 2 N–H and O–H groups in total. The van der Waals surface area contributed by atoms with Crippen molar-refractivity contribution in [3.05, 3.63) is 41.5 Å². The zero-order valence-corrected chi connectivity index (χ0v) is 11.9. The lowest BCUT2D eigenvalue weighted by Gasteiger charge is -2.13. The van der Waals surface area contributed by atoms with Crippen molar-refractivity contribution in [3.8, 4) is 0 Å². The van der Waals surface area contributed by atoms with Gasteiger partial charge in [0.05, 0.1) is 6.10 Å². The molecule has 0 radical (unpaired) electrons. The van der Waals surface area contributed by atoms with Crippen molar-refractivity contribution in [2.24, 2.45) is 5.92 Å². The average molecular weight is 261 g/mol. The fourth-order valence-corrected chi connectivity index (χ4v) is 1.54. The van der Waals surface area contributed by atoms with Gasteiger partial charge in [-0.1, -0.05) is 45.0 Å². The molecular weight excluding hydrogens is 238 g/mol. The largest absolute Gasteiger partial charge is 0.391 e. The van der Waals surface area contributed by atoms with Gasteiger partial charge in [0.2, 0.25) is 5.91 Å². The van der Waals surface area contributed by atoms with Crippen LogP contribution >= 0.6 is 0 Å². The van der Waals surface area contributed by atoms with Crippen molar-refractivity contribution in [2.45, 2.75) is 33.3 Å². The number of nitrogens with one attached hydrogen (secondary N) is 1. The molecular formula is C16H23NO2. The van der Waals surface area contributed by atoms with Gasteiger partial charge in [0.15, 0.2) is 0 Å². The summed E-state index contributed by atoms with van der Waals surface area (Å²) in [4.78, 5) is 11.6. The van der Waals surface area contributed by atoms with Gasteiger partial charge in [-0.2, -0.15) is 0 Å². The Morgan fingerprint density at radius 2 is 1.95 bits per heavy atom. The third kappa shape index (κ3) is 5.71. The number of rotatable bonds is 6. The SMILES string of the molecule is CCc1ccc(/C=C/C(=O)NCC(O)C(C)C)cc1. The summed E-state index contributed by atoms with van der Waals surface area (Å²) in [6, 6.07) is 8.09. The summed E-state index contributed by atoms with van der Waals surface area (Å²) in [7, 11) is 0. The molecule has 1 aromatic rings. The normalized spacial score (nSPS) is 12.9. The molecule has 1 rings (SSSR count). The van der Waals surface area contributed by atoms with E-state index in [-0.39, 0.29) is 18.4 Å². The van der Waals surface area contributed by atoms with E-state index in [2.05, 4.69) is 24.4 Å². The van der Waals surface area contributed by atoms with Crippen molar-refractivity contribution < 1.29 is 9.90 Å². The highest BCUT2D eigenvalue weighted by Crippen LogP contribution is 2.06. The maximum atomic E-state index is 11.6. The molecule has 0 spiro atoms. The van der Waals surface area contributed by atoms with E-state index in [0.29, 0.717) is 0 Å². The summed E-state index contributed by atoms with van der Waals surface area (Å²) >= 11 is 0. The van der Waals surface area contributed by atoms with Crippen LogP contribution in [0.4, 0.5) is 0 Å². The average Bonchev–Trinajstić information content (AvgIpc) is 2.42. The second-order valence-corrected chi connectivity index (χ2v) is 4.98. The number of hydrogen-bond donors (Lipinski definition) is 2. The maximum Gasteiger partial charge on any atom is 0.244 e. The van der Waals surface area contributed by atoms with Gasteiger partial charge in [0.25, 0.3) is 0 Å².